The van der Waals surface area contributed by atoms with Crippen molar-refractivity contribution >= 4 is 34.0 Å². The number of halogens is 1. The lowest BCUT2D eigenvalue weighted by Gasteiger charge is -2.32. The Morgan fingerprint density at radius 3 is 2.56 bits per heavy atom. The Kier molecular flexibility index (Phi) is 7.68. The molecule has 8 heteroatoms. The molecular formula is C19H30ClN3O3S. The van der Waals surface area contributed by atoms with Gasteiger partial charge in [0.05, 0.1) is 4.90 Å². The summed E-state index contributed by atoms with van der Waals surface area (Å²) in [4.78, 5) is 16.2. The summed E-state index contributed by atoms with van der Waals surface area (Å²) in [5, 5.41) is 0. The smallest absolute Gasteiger partial charge is 0.240 e. The van der Waals surface area contributed by atoms with Crippen molar-refractivity contribution < 1.29 is 13.2 Å². The molecule has 1 saturated heterocycles. The molecule has 1 N–H and O–H groups in total. The van der Waals surface area contributed by atoms with Crippen LogP contribution in [-0.2, 0) is 21.2 Å². The zero-order chi connectivity index (χ0) is 18.7. The molecule has 2 heterocycles. The number of nitrogens with one attached hydrogen (secondary N) is 1. The van der Waals surface area contributed by atoms with Crippen molar-refractivity contribution in [2.75, 3.05) is 31.1 Å². The van der Waals surface area contributed by atoms with Crippen LogP contribution in [-0.4, -0.2) is 51.4 Å². The number of aryl methyl sites for hydroxylation is 1. The topological polar surface area (TPSA) is 69.7 Å². The molecule has 2 aliphatic rings. The first-order valence-electron chi connectivity index (χ1n) is 9.56. The van der Waals surface area contributed by atoms with E-state index < -0.39 is 10.0 Å². The second-order valence-electron chi connectivity index (χ2n) is 7.30. The van der Waals surface area contributed by atoms with Gasteiger partial charge in [0.15, 0.2) is 0 Å². The molecule has 6 nitrogen and oxygen atoms in total. The quantitative estimate of drug-likeness (QED) is 0.802. The van der Waals surface area contributed by atoms with Crippen LogP contribution < -0.4 is 9.62 Å². The van der Waals surface area contributed by atoms with Crippen LogP contribution in [0.1, 0.15) is 45.1 Å². The standard InChI is InChI=1S/C19H29N3O3S.ClH/c1-3-10-21-12-8-17(9-13-21)20-26(24,25)18-6-7-19-16(14-18)5-4-11-22(19)15(2)23;/h6-7,14,17,20H,3-5,8-13H2,1-2H3;1H. The lowest BCUT2D eigenvalue weighted by Crippen LogP contribution is -2.44. The Balaban J connectivity index is 0.00000261. The molecular weight excluding hydrogens is 386 g/mol. The first-order valence-corrected chi connectivity index (χ1v) is 11.0. The molecule has 1 amide bonds. The van der Waals surface area contributed by atoms with Crippen molar-refractivity contribution in [2.45, 2.75) is 56.9 Å². The third-order valence-corrected chi connectivity index (χ3v) is 6.83. The number of sulfonamides is 1. The lowest BCUT2D eigenvalue weighted by atomic mass is 10.0. The van der Waals surface area contributed by atoms with Gasteiger partial charge in [0.2, 0.25) is 15.9 Å². The highest BCUT2D eigenvalue weighted by Crippen LogP contribution is 2.29. The fraction of sp³-hybridized carbons (Fsp3) is 0.632. The largest absolute Gasteiger partial charge is 0.312 e. The molecule has 1 fully saturated rings. The summed E-state index contributed by atoms with van der Waals surface area (Å²) < 4.78 is 28.5. The van der Waals surface area contributed by atoms with Crippen LogP contribution in [0.25, 0.3) is 0 Å². The van der Waals surface area contributed by atoms with Crippen LogP contribution in [0.3, 0.4) is 0 Å². The molecule has 0 aliphatic carbocycles. The fourth-order valence-corrected chi connectivity index (χ4v) is 5.30. The number of piperidine rings is 1. The maximum atomic E-state index is 12.8. The highest BCUT2D eigenvalue weighted by molar-refractivity contribution is 7.89. The highest BCUT2D eigenvalue weighted by atomic mass is 35.5. The number of carbonyl (C=O) groups is 1. The Morgan fingerprint density at radius 1 is 1.22 bits per heavy atom. The van der Waals surface area contributed by atoms with E-state index in [-0.39, 0.29) is 24.4 Å². The van der Waals surface area contributed by atoms with Gasteiger partial charge < -0.3 is 9.80 Å². The van der Waals surface area contributed by atoms with Crippen LogP contribution in [0.5, 0.6) is 0 Å². The number of anilines is 1. The number of rotatable bonds is 5. The number of likely N-dealkylation sites (tertiary alicyclic amines) is 1. The second-order valence-corrected chi connectivity index (χ2v) is 9.02. The van der Waals surface area contributed by atoms with E-state index in [4.69, 9.17) is 0 Å². The Labute approximate surface area is 168 Å². The molecule has 1 aromatic rings. The molecule has 0 bridgehead atoms. The van der Waals surface area contributed by atoms with Crippen LogP contribution in [0, 0.1) is 0 Å². The van der Waals surface area contributed by atoms with Gasteiger partial charge in [0.25, 0.3) is 0 Å². The third-order valence-electron chi connectivity index (χ3n) is 5.31. The number of benzene rings is 1. The molecule has 1 aromatic carbocycles. The monoisotopic (exact) mass is 415 g/mol. The van der Waals surface area contributed by atoms with Crippen molar-refractivity contribution in [3.05, 3.63) is 23.8 Å². The van der Waals surface area contributed by atoms with Gasteiger partial charge in [-0.1, -0.05) is 6.92 Å². The van der Waals surface area contributed by atoms with E-state index in [0.717, 1.165) is 63.0 Å². The van der Waals surface area contributed by atoms with E-state index >= 15 is 0 Å². The Morgan fingerprint density at radius 2 is 1.93 bits per heavy atom. The third kappa shape index (κ3) is 5.22. The van der Waals surface area contributed by atoms with E-state index in [1.165, 1.54) is 0 Å². The number of hydrogen-bond acceptors (Lipinski definition) is 4. The molecule has 152 valence electrons. The minimum Gasteiger partial charge on any atom is -0.312 e. The Hall–Kier alpha value is -1.15. The highest BCUT2D eigenvalue weighted by Gasteiger charge is 2.26. The van der Waals surface area contributed by atoms with E-state index in [1.54, 1.807) is 30.0 Å². The first-order chi connectivity index (χ1) is 12.4. The van der Waals surface area contributed by atoms with E-state index in [2.05, 4.69) is 16.5 Å². The molecule has 27 heavy (non-hydrogen) atoms. The van der Waals surface area contributed by atoms with E-state index in [1.807, 2.05) is 0 Å². The van der Waals surface area contributed by atoms with Crippen LogP contribution in [0.15, 0.2) is 23.1 Å². The van der Waals surface area contributed by atoms with Gasteiger partial charge in [-0.3, -0.25) is 4.79 Å². The van der Waals surface area contributed by atoms with Gasteiger partial charge in [0, 0.05) is 25.2 Å². The first kappa shape index (κ1) is 22.1. The summed E-state index contributed by atoms with van der Waals surface area (Å²) >= 11 is 0. The van der Waals surface area contributed by atoms with Gasteiger partial charge in [-0.15, -0.1) is 12.4 Å². The van der Waals surface area contributed by atoms with Crippen molar-refractivity contribution in [3.8, 4) is 0 Å². The summed E-state index contributed by atoms with van der Waals surface area (Å²) in [6, 6.07) is 5.12. The maximum absolute atomic E-state index is 12.8. The zero-order valence-corrected chi connectivity index (χ0v) is 17.7. The molecule has 0 atom stereocenters. The maximum Gasteiger partial charge on any atom is 0.240 e. The number of carbonyl (C=O) groups excluding carboxylic acids is 1. The predicted octanol–water partition coefficient (Wildman–Crippen LogP) is 2.56. The number of fused-ring (bicyclic) bond motifs is 1. The predicted molar refractivity (Wildman–Crippen MR) is 110 cm³/mol. The van der Waals surface area contributed by atoms with Crippen molar-refractivity contribution in [2.24, 2.45) is 0 Å². The summed E-state index contributed by atoms with van der Waals surface area (Å²) in [6.45, 7) is 7.38. The van der Waals surface area contributed by atoms with Crippen LogP contribution in [0.4, 0.5) is 5.69 Å². The van der Waals surface area contributed by atoms with Gasteiger partial charge in [-0.05, 0) is 75.5 Å². The SMILES string of the molecule is CCCN1CCC(NS(=O)(=O)c2ccc3c(c2)CCCN3C(C)=O)CC1.Cl. The summed E-state index contributed by atoms with van der Waals surface area (Å²) in [6.07, 6.45) is 4.49. The zero-order valence-electron chi connectivity index (χ0n) is 16.1. The molecule has 0 spiro atoms. The van der Waals surface area contributed by atoms with Gasteiger partial charge in [0.1, 0.15) is 0 Å². The summed E-state index contributed by atoms with van der Waals surface area (Å²) in [7, 11) is -3.53. The Bertz CT molecular complexity index is 761. The second kappa shape index (κ2) is 9.37. The summed E-state index contributed by atoms with van der Waals surface area (Å²) in [5.74, 6) is -0.00137. The lowest BCUT2D eigenvalue weighted by molar-refractivity contribution is -0.116. The van der Waals surface area contributed by atoms with Crippen LogP contribution in [0.2, 0.25) is 0 Å². The van der Waals surface area contributed by atoms with Crippen molar-refractivity contribution in [3.63, 3.8) is 0 Å². The fourth-order valence-electron chi connectivity index (χ4n) is 3.95. The normalized spacial score (nSPS) is 18.7. The van der Waals surface area contributed by atoms with Gasteiger partial charge in [-0.2, -0.15) is 0 Å². The van der Waals surface area contributed by atoms with Gasteiger partial charge >= 0.3 is 0 Å². The van der Waals surface area contributed by atoms with Crippen molar-refractivity contribution in [1.82, 2.24) is 9.62 Å². The number of hydrogen-bond donors (Lipinski definition) is 1. The number of nitrogens with zero attached hydrogens (tertiary/aromatic N) is 2. The molecule has 2 aliphatic heterocycles. The average Bonchev–Trinajstić information content (AvgIpc) is 2.62. The molecule has 0 saturated carbocycles. The summed E-state index contributed by atoms with van der Waals surface area (Å²) in [5.41, 5.74) is 1.78. The van der Waals surface area contributed by atoms with Crippen molar-refractivity contribution in [1.29, 1.82) is 0 Å². The minimum atomic E-state index is -3.53. The van der Waals surface area contributed by atoms with E-state index in [9.17, 15) is 13.2 Å². The minimum absolute atomic E-state index is 0. The van der Waals surface area contributed by atoms with E-state index in [0.29, 0.717) is 11.4 Å². The van der Waals surface area contributed by atoms with Crippen LogP contribution >= 0.6 is 12.4 Å². The number of amides is 1. The average molecular weight is 416 g/mol. The molecule has 0 aromatic heterocycles. The molecule has 3 rings (SSSR count). The van der Waals surface area contributed by atoms with Gasteiger partial charge in [-0.25, -0.2) is 13.1 Å². The molecule has 0 unspecified atom stereocenters. The molecule has 0 radical (unpaired) electrons.